The van der Waals surface area contributed by atoms with Crippen molar-refractivity contribution in [2.75, 3.05) is 7.11 Å². The minimum atomic E-state index is -0.952. The Bertz CT molecular complexity index is 692. The van der Waals surface area contributed by atoms with E-state index in [1.165, 1.54) is 20.1 Å². The largest absolute Gasteiger partial charge is 0.508 e. The zero-order chi connectivity index (χ0) is 19.4. The van der Waals surface area contributed by atoms with E-state index >= 15 is 0 Å². The van der Waals surface area contributed by atoms with Crippen molar-refractivity contribution in [2.45, 2.75) is 53.1 Å². The summed E-state index contributed by atoms with van der Waals surface area (Å²) in [5.74, 6) is 0.176. The summed E-state index contributed by atoms with van der Waals surface area (Å²) in [6.07, 6.45) is 1.49. The second-order valence-electron chi connectivity index (χ2n) is 6.20. The molecule has 0 aliphatic carbocycles. The maximum absolute atomic E-state index is 11.4. The highest BCUT2D eigenvalue weighted by atomic mass is 16.7. The molecule has 6 heteroatoms. The third-order valence-electron chi connectivity index (χ3n) is 4.37. The molecule has 0 fully saturated rings. The highest BCUT2D eigenvalue weighted by Crippen LogP contribution is 2.38. The van der Waals surface area contributed by atoms with Crippen LogP contribution in [0.5, 0.6) is 11.5 Å². The Morgan fingerprint density at radius 3 is 2.28 bits per heavy atom. The molecule has 0 radical (unpaired) electrons. The summed E-state index contributed by atoms with van der Waals surface area (Å²) < 4.78 is 15.1. The van der Waals surface area contributed by atoms with Crippen molar-refractivity contribution < 1.29 is 28.9 Å². The van der Waals surface area contributed by atoms with E-state index < -0.39 is 17.7 Å². The molecule has 138 valence electrons. The smallest absolute Gasteiger partial charge is 0.507 e. The molecule has 25 heavy (non-hydrogen) atoms. The topological polar surface area (TPSA) is 82.1 Å². The van der Waals surface area contributed by atoms with Crippen molar-refractivity contribution in [1.82, 2.24) is 0 Å². The molecule has 1 rings (SSSR count). The number of hydrogen-bond donors (Lipinski definition) is 1. The Balaban J connectivity index is 3.21. The maximum Gasteiger partial charge on any atom is 0.508 e. The van der Waals surface area contributed by atoms with Crippen molar-refractivity contribution in [3.8, 4) is 11.5 Å². The number of aromatic hydroxyl groups is 1. The normalized spacial score (nSPS) is 12.9. The Kier molecular flexibility index (Phi) is 6.62. The van der Waals surface area contributed by atoms with Crippen LogP contribution in [0.25, 0.3) is 0 Å². The highest BCUT2D eigenvalue weighted by molar-refractivity contribution is 5.72. The van der Waals surface area contributed by atoms with E-state index in [1.54, 1.807) is 27.7 Å². The van der Waals surface area contributed by atoms with E-state index in [0.29, 0.717) is 40.8 Å². The SMILES string of the molecule is C=CC(C)(CCc1c(C)c(OC(C)=O)c(C)c(C)c1O)OC(=O)OC. The van der Waals surface area contributed by atoms with Crippen molar-refractivity contribution in [3.63, 3.8) is 0 Å². The van der Waals surface area contributed by atoms with Gasteiger partial charge in [0, 0.05) is 12.5 Å². The van der Waals surface area contributed by atoms with Gasteiger partial charge in [-0.2, -0.15) is 0 Å². The lowest BCUT2D eigenvalue weighted by Crippen LogP contribution is -2.30. The van der Waals surface area contributed by atoms with Crippen LogP contribution in [0.1, 0.15) is 42.5 Å². The molecule has 1 atom stereocenters. The monoisotopic (exact) mass is 350 g/mol. The van der Waals surface area contributed by atoms with Gasteiger partial charge in [-0.15, -0.1) is 0 Å². The summed E-state index contributed by atoms with van der Waals surface area (Å²) in [6.45, 7) is 12.1. The van der Waals surface area contributed by atoms with Gasteiger partial charge in [-0.1, -0.05) is 6.58 Å². The third-order valence-corrected chi connectivity index (χ3v) is 4.37. The van der Waals surface area contributed by atoms with Gasteiger partial charge in [0.15, 0.2) is 0 Å². The second-order valence-corrected chi connectivity index (χ2v) is 6.20. The number of carbonyl (C=O) groups is 2. The van der Waals surface area contributed by atoms with Crippen molar-refractivity contribution >= 4 is 12.1 Å². The fraction of sp³-hybridized carbons (Fsp3) is 0.474. The van der Waals surface area contributed by atoms with E-state index in [1.807, 2.05) is 0 Å². The first-order valence-electron chi connectivity index (χ1n) is 7.96. The van der Waals surface area contributed by atoms with E-state index in [2.05, 4.69) is 11.3 Å². The van der Waals surface area contributed by atoms with Gasteiger partial charge in [0.1, 0.15) is 17.1 Å². The molecular weight excluding hydrogens is 324 g/mol. The van der Waals surface area contributed by atoms with Crippen LogP contribution in [-0.4, -0.2) is 29.9 Å². The zero-order valence-corrected chi connectivity index (χ0v) is 15.7. The first-order chi connectivity index (χ1) is 11.6. The average Bonchev–Trinajstić information content (AvgIpc) is 2.56. The molecule has 0 amide bonds. The third kappa shape index (κ3) is 4.75. The number of phenols is 1. The number of rotatable bonds is 6. The number of hydrogen-bond acceptors (Lipinski definition) is 6. The van der Waals surface area contributed by atoms with Crippen molar-refractivity contribution in [2.24, 2.45) is 0 Å². The van der Waals surface area contributed by atoms with Crippen LogP contribution >= 0.6 is 0 Å². The van der Waals surface area contributed by atoms with Crippen LogP contribution < -0.4 is 4.74 Å². The minimum absolute atomic E-state index is 0.149. The van der Waals surface area contributed by atoms with Gasteiger partial charge in [0.05, 0.1) is 7.11 Å². The predicted molar refractivity (Wildman–Crippen MR) is 94.0 cm³/mol. The first-order valence-corrected chi connectivity index (χ1v) is 7.96. The van der Waals surface area contributed by atoms with Crippen LogP contribution in [0.3, 0.4) is 0 Å². The summed E-state index contributed by atoms with van der Waals surface area (Å²) in [5, 5.41) is 10.5. The van der Waals surface area contributed by atoms with E-state index in [9.17, 15) is 14.7 Å². The highest BCUT2D eigenvalue weighted by Gasteiger charge is 2.28. The second kappa shape index (κ2) is 8.05. The number of esters is 1. The van der Waals surface area contributed by atoms with E-state index in [4.69, 9.17) is 9.47 Å². The van der Waals surface area contributed by atoms with Gasteiger partial charge in [-0.05, 0) is 63.3 Å². The molecule has 0 heterocycles. The fourth-order valence-electron chi connectivity index (χ4n) is 2.57. The van der Waals surface area contributed by atoms with Crippen LogP contribution in [0, 0.1) is 20.8 Å². The lowest BCUT2D eigenvalue weighted by molar-refractivity contribution is -0.132. The maximum atomic E-state index is 11.4. The molecule has 6 nitrogen and oxygen atoms in total. The molecule has 0 aliphatic heterocycles. The summed E-state index contributed by atoms with van der Waals surface area (Å²) in [5.41, 5.74) is 1.73. The summed E-state index contributed by atoms with van der Waals surface area (Å²) in [4.78, 5) is 22.8. The predicted octanol–water partition coefficient (Wildman–Crippen LogP) is 3.90. The Morgan fingerprint density at radius 2 is 1.80 bits per heavy atom. The number of methoxy groups -OCH3 is 1. The number of phenolic OH excluding ortho intramolecular Hbond substituents is 1. The molecule has 0 saturated carbocycles. The van der Waals surface area contributed by atoms with Gasteiger partial charge >= 0.3 is 12.1 Å². The molecule has 0 bridgehead atoms. The number of carbonyl (C=O) groups excluding carboxylic acids is 2. The molecule has 0 saturated heterocycles. The summed E-state index contributed by atoms with van der Waals surface area (Å²) in [7, 11) is 1.23. The lowest BCUT2D eigenvalue weighted by Gasteiger charge is -2.26. The van der Waals surface area contributed by atoms with Crippen molar-refractivity contribution in [3.05, 3.63) is 34.9 Å². The van der Waals surface area contributed by atoms with Gasteiger partial charge in [-0.3, -0.25) is 4.79 Å². The van der Waals surface area contributed by atoms with Gasteiger partial charge in [0.25, 0.3) is 0 Å². The standard InChI is InChI=1S/C19H26O6/c1-8-19(6,25-18(22)23-7)10-9-15-13(4)17(24-14(5)20)12(3)11(2)16(15)21/h8,21H,1,9-10H2,2-7H3. The average molecular weight is 350 g/mol. The van der Waals surface area contributed by atoms with E-state index in [-0.39, 0.29) is 5.75 Å². The van der Waals surface area contributed by atoms with Gasteiger partial charge < -0.3 is 19.3 Å². The molecule has 1 aromatic rings. The number of benzene rings is 1. The molecule has 0 aliphatic rings. The molecule has 0 aromatic heterocycles. The molecule has 1 N–H and O–H groups in total. The molecule has 1 aromatic carbocycles. The van der Waals surface area contributed by atoms with Crippen molar-refractivity contribution in [1.29, 1.82) is 0 Å². The van der Waals surface area contributed by atoms with Gasteiger partial charge in [0.2, 0.25) is 0 Å². The van der Waals surface area contributed by atoms with Crippen LogP contribution in [-0.2, 0) is 20.7 Å². The zero-order valence-electron chi connectivity index (χ0n) is 15.7. The Labute approximate surface area is 148 Å². The van der Waals surface area contributed by atoms with Crippen LogP contribution in [0.4, 0.5) is 4.79 Å². The van der Waals surface area contributed by atoms with Gasteiger partial charge in [-0.25, -0.2) is 4.79 Å². The quantitative estimate of drug-likeness (QED) is 0.476. The summed E-state index contributed by atoms with van der Waals surface area (Å²) >= 11 is 0. The molecular formula is C19H26O6. The Hall–Kier alpha value is -2.50. The van der Waals surface area contributed by atoms with E-state index in [0.717, 1.165) is 0 Å². The first kappa shape index (κ1) is 20.5. The lowest BCUT2D eigenvalue weighted by atomic mass is 9.90. The molecule has 0 spiro atoms. The fourth-order valence-corrected chi connectivity index (χ4v) is 2.57. The minimum Gasteiger partial charge on any atom is -0.507 e. The Morgan fingerprint density at radius 1 is 1.20 bits per heavy atom. The molecule has 1 unspecified atom stereocenters. The summed E-state index contributed by atoms with van der Waals surface area (Å²) in [6, 6.07) is 0. The number of ether oxygens (including phenoxy) is 3. The van der Waals surface area contributed by atoms with Crippen LogP contribution in [0.2, 0.25) is 0 Å². The van der Waals surface area contributed by atoms with Crippen LogP contribution in [0.15, 0.2) is 12.7 Å².